The number of ketones is 1. The molecular weight excluding hydrogens is 252 g/mol. The lowest BCUT2D eigenvalue weighted by molar-refractivity contribution is -0.116. The van der Waals surface area contributed by atoms with Crippen molar-refractivity contribution in [3.63, 3.8) is 0 Å². The van der Waals surface area contributed by atoms with E-state index in [0.29, 0.717) is 0 Å². The first kappa shape index (κ1) is 12.5. The van der Waals surface area contributed by atoms with Gasteiger partial charge in [0.1, 0.15) is 22.0 Å². The van der Waals surface area contributed by atoms with Crippen LogP contribution in [-0.4, -0.2) is 21.0 Å². The minimum Gasteiger partial charge on any atom is -0.299 e. The summed E-state index contributed by atoms with van der Waals surface area (Å²) in [6.45, 7) is 5.65. The molecule has 1 unspecified atom stereocenters. The van der Waals surface area contributed by atoms with E-state index in [1.54, 1.807) is 24.6 Å². The maximum absolute atomic E-state index is 11.3. The Morgan fingerprint density at radius 1 is 1.53 bits per heavy atom. The largest absolute Gasteiger partial charge is 0.299 e. The van der Waals surface area contributed by atoms with Gasteiger partial charge in [-0.3, -0.25) is 4.79 Å². The van der Waals surface area contributed by atoms with Gasteiger partial charge in [0.15, 0.2) is 0 Å². The lowest BCUT2D eigenvalue weighted by Crippen LogP contribution is -2.08. The molecule has 0 bridgehead atoms. The lowest BCUT2D eigenvalue weighted by Gasteiger charge is -2.06. The molecule has 0 aliphatic carbocycles. The Balaban J connectivity index is 2.39. The number of Topliss-reactive ketones (excluding diaryl/α,β-unsaturated/α-hetero) is 1. The van der Waals surface area contributed by atoms with Gasteiger partial charge in [-0.2, -0.15) is 0 Å². The number of hydrogen-bond acceptors (Lipinski definition) is 5. The Hall–Kier alpha value is -0.940. The van der Waals surface area contributed by atoms with Crippen molar-refractivity contribution in [2.45, 2.75) is 37.5 Å². The second-order valence-electron chi connectivity index (χ2n) is 3.83. The zero-order valence-corrected chi connectivity index (χ0v) is 11.7. The van der Waals surface area contributed by atoms with Gasteiger partial charge in [-0.05, 0) is 26.3 Å². The summed E-state index contributed by atoms with van der Waals surface area (Å²) in [6.07, 6.45) is 2.58. The van der Waals surface area contributed by atoms with Gasteiger partial charge < -0.3 is 0 Å². The monoisotopic (exact) mass is 266 g/mol. The van der Waals surface area contributed by atoms with Gasteiger partial charge in [0.05, 0.1) is 5.25 Å². The number of rotatable bonds is 4. The van der Waals surface area contributed by atoms with Crippen LogP contribution in [0.15, 0.2) is 17.4 Å². The van der Waals surface area contributed by atoms with Crippen LogP contribution in [0.2, 0.25) is 0 Å². The molecule has 1 atom stereocenters. The highest BCUT2D eigenvalue weighted by molar-refractivity contribution is 8.00. The summed E-state index contributed by atoms with van der Waals surface area (Å²) in [5, 5.41) is 1.93. The van der Waals surface area contributed by atoms with Crippen LogP contribution in [0.1, 0.15) is 25.6 Å². The first-order valence-corrected chi connectivity index (χ1v) is 7.22. The number of carbonyl (C=O) groups excluding carboxylic acids is 1. The van der Waals surface area contributed by atoms with Crippen LogP contribution in [0, 0.1) is 0 Å². The van der Waals surface area contributed by atoms with Crippen LogP contribution in [0.5, 0.6) is 0 Å². The second-order valence-corrected chi connectivity index (χ2v) is 6.28. The van der Waals surface area contributed by atoms with Crippen LogP contribution < -0.4 is 0 Å². The molecule has 0 aliphatic rings. The van der Waals surface area contributed by atoms with E-state index < -0.39 is 0 Å². The summed E-state index contributed by atoms with van der Waals surface area (Å²) in [4.78, 5) is 22.2. The molecule has 2 heterocycles. The fourth-order valence-electron chi connectivity index (χ4n) is 1.40. The predicted octanol–water partition coefficient (Wildman–Crippen LogP) is 3.32. The molecule has 5 heteroatoms. The van der Waals surface area contributed by atoms with Crippen LogP contribution in [-0.2, 0) is 11.2 Å². The van der Waals surface area contributed by atoms with E-state index in [1.165, 1.54) is 16.6 Å². The smallest absolute Gasteiger partial charge is 0.142 e. The molecule has 0 saturated heterocycles. The van der Waals surface area contributed by atoms with Crippen molar-refractivity contribution in [1.82, 2.24) is 9.97 Å². The minimum absolute atomic E-state index is 0.0573. The van der Waals surface area contributed by atoms with Crippen molar-refractivity contribution < 1.29 is 4.79 Å². The predicted molar refractivity (Wildman–Crippen MR) is 72.8 cm³/mol. The van der Waals surface area contributed by atoms with E-state index in [-0.39, 0.29) is 11.0 Å². The molecule has 3 nitrogen and oxygen atoms in total. The van der Waals surface area contributed by atoms with E-state index in [9.17, 15) is 4.79 Å². The summed E-state index contributed by atoms with van der Waals surface area (Å²) in [6, 6.07) is 2.13. The normalized spacial score (nSPS) is 12.9. The third kappa shape index (κ3) is 2.66. The maximum atomic E-state index is 11.3. The maximum Gasteiger partial charge on any atom is 0.142 e. The Kier molecular flexibility index (Phi) is 3.79. The molecule has 2 rings (SSSR count). The van der Waals surface area contributed by atoms with Crippen molar-refractivity contribution in [2.24, 2.45) is 0 Å². The Morgan fingerprint density at radius 2 is 2.29 bits per heavy atom. The van der Waals surface area contributed by atoms with Gasteiger partial charge in [0, 0.05) is 10.3 Å². The fourth-order valence-corrected chi connectivity index (χ4v) is 3.29. The molecule has 0 radical (unpaired) electrons. The van der Waals surface area contributed by atoms with Crippen LogP contribution in [0.4, 0.5) is 0 Å². The fraction of sp³-hybridized carbons (Fsp3) is 0.417. The summed E-state index contributed by atoms with van der Waals surface area (Å²) >= 11 is 3.21. The highest BCUT2D eigenvalue weighted by Crippen LogP contribution is 2.32. The van der Waals surface area contributed by atoms with E-state index in [4.69, 9.17) is 0 Å². The Labute approximate surface area is 109 Å². The molecule has 0 saturated carbocycles. The number of carbonyl (C=O) groups is 1. The third-order valence-corrected chi connectivity index (χ3v) is 4.97. The van der Waals surface area contributed by atoms with Crippen molar-refractivity contribution in [2.75, 3.05) is 0 Å². The number of thioether (sulfide) groups is 1. The van der Waals surface area contributed by atoms with Crippen LogP contribution in [0.25, 0.3) is 10.2 Å². The van der Waals surface area contributed by atoms with Crippen molar-refractivity contribution in [1.29, 1.82) is 0 Å². The van der Waals surface area contributed by atoms with Crippen molar-refractivity contribution >= 4 is 39.1 Å². The molecule has 0 aliphatic heterocycles. The third-order valence-electron chi connectivity index (χ3n) is 2.55. The van der Waals surface area contributed by atoms with E-state index in [1.807, 2.05) is 6.92 Å². The van der Waals surface area contributed by atoms with Gasteiger partial charge in [0.25, 0.3) is 0 Å². The molecule has 0 N–H and O–H groups in total. The summed E-state index contributed by atoms with van der Waals surface area (Å²) < 4.78 is 0. The molecular formula is C12H14N2OS2. The number of fused-ring (bicyclic) bond motifs is 1. The molecule has 90 valence electrons. The van der Waals surface area contributed by atoms with Crippen LogP contribution in [0.3, 0.4) is 0 Å². The standard InChI is InChI=1S/C12H14N2OS2/c1-4-9-5-10-11(16-8(3)7(2)15)13-6-14-12(10)17-9/h5-6,8H,4H2,1-3H3. The van der Waals surface area contributed by atoms with Crippen LogP contribution >= 0.6 is 23.1 Å². The zero-order chi connectivity index (χ0) is 12.4. The highest BCUT2D eigenvalue weighted by atomic mass is 32.2. The number of thiophene rings is 1. The summed E-state index contributed by atoms with van der Waals surface area (Å²) in [5.74, 6) is 0.174. The summed E-state index contributed by atoms with van der Waals surface area (Å²) in [7, 11) is 0. The first-order chi connectivity index (χ1) is 8.11. The number of nitrogens with zero attached hydrogens (tertiary/aromatic N) is 2. The minimum atomic E-state index is -0.0573. The second kappa shape index (κ2) is 5.14. The zero-order valence-electron chi connectivity index (χ0n) is 10.1. The van der Waals surface area contributed by atoms with Gasteiger partial charge >= 0.3 is 0 Å². The highest BCUT2D eigenvalue weighted by Gasteiger charge is 2.14. The molecule has 0 amide bonds. The first-order valence-electron chi connectivity index (χ1n) is 5.52. The van der Waals surface area contributed by atoms with Gasteiger partial charge in [-0.25, -0.2) is 9.97 Å². The van der Waals surface area contributed by atoms with Gasteiger partial charge in [0.2, 0.25) is 0 Å². The van der Waals surface area contributed by atoms with Crippen molar-refractivity contribution in [3.05, 3.63) is 17.3 Å². The van der Waals surface area contributed by atoms with Gasteiger partial charge in [-0.1, -0.05) is 18.7 Å². The van der Waals surface area contributed by atoms with E-state index in [2.05, 4.69) is 23.0 Å². The van der Waals surface area contributed by atoms with Gasteiger partial charge in [-0.15, -0.1) is 11.3 Å². The average Bonchev–Trinajstić information content (AvgIpc) is 2.72. The summed E-state index contributed by atoms with van der Waals surface area (Å²) in [5.41, 5.74) is 0. The Bertz CT molecular complexity index is 550. The topological polar surface area (TPSA) is 42.9 Å². The molecule has 17 heavy (non-hydrogen) atoms. The number of aromatic nitrogens is 2. The Morgan fingerprint density at radius 3 is 2.94 bits per heavy atom. The number of aryl methyl sites for hydroxylation is 1. The number of hydrogen-bond donors (Lipinski definition) is 0. The molecule has 2 aromatic heterocycles. The van der Waals surface area contributed by atoms with E-state index >= 15 is 0 Å². The SMILES string of the molecule is CCc1cc2c(SC(C)C(C)=O)ncnc2s1. The van der Waals surface area contributed by atoms with Crippen molar-refractivity contribution in [3.8, 4) is 0 Å². The molecule has 0 aromatic carbocycles. The lowest BCUT2D eigenvalue weighted by atomic mass is 10.3. The quantitative estimate of drug-likeness (QED) is 0.629. The van der Waals surface area contributed by atoms with E-state index in [0.717, 1.165) is 21.7 Å². The molecule has 0 fully saturated rings. The molecule has 2 aromatic rings. The molecule has 0 spiro atoms. The average molecular weight is 266 g/mol.